The van der Waals surface area contributed by atoms with Crippen LogP contribution in [0, 0.1) is 5.92 Å². The third-order valence-corrected chi connectivity index (χ3v) is 5.85. The van der Waals surface area contributed by atoms with Gasteiger partial charge in [-0.05, 0) is 45.4 Å². The number of ether oxygens (including phenoxy) is 1. The number of hydrogen-bond acceptors (Lipinski definition) is 5. The summed E-state index contributed by atoms with van der Waals surface area (Å²) in [6.45, 7) is 14.0. The molecule has 1 saturated carbocycles. The Hall–Kier alpha value is -1.20. The fraction of sp³-hybridized carbons (Fsp3) is 0.810. The molecule has 0 spiro atoms. The average Bonchev–Trinajstić information content (AvgIpc) is 2.67. The van der Waals surface area contributed by atoms with Crippen molar-refractivity contribution in [2.45, 2.75) is 71.4 Å². The average molecular weight is 361 g/mol. The molecule has 146 valence electrons. The lowest BCUT2D eigenvalue weighted by molar-refractivity contribution is 0.0292. The van der Waals surface area contributed by atoms with Crippen LogP contribution in [0.25, 0.3) is 0 Å². The Kier molecular flexibility index (Phi) is 6.87. The van der Waals surface area contributed by atoms with Crippen molar-refractivity contribution >= 4 is 5.69 Å². The van der Waals surface area contributed by atoms with Gasteiger partial charge in [-0.2, -0.15) is 0 Å². The molecule has 2 heterocycles. The molecule has 5 nitrogen and oxygen atoms in total. The monoisotopic (exact) mass is 360 g/mol. The number of nitrogens with zero attached hydrogens (tertiary/aromatic N) is 4. The van der Waals surface area contributed by atoms with Gasteiger partial charge in [-0.25, -0.2) is 9.97 Å². The van der Waals surface area contributed by atoms with Crippen molar-refractivity contribution < 1.29 is 4.74 Å². The van der Waals surface area contributed by atoms with Crippen molar-refractivity contribution in [2.75, 3.05) is 37.7 Å². The van der Waals surface area contributed by atoms with E-state index in [1.165, 1.54) is 31.4 Å². The van der Waals surface area contributed by atoms with Gasteiger partial charge >= 0.3 is 0 Å². The third-order valence-electron chi connectivity index (χ3n) is 5.85. The van der Waals surface area contributed by atoms with Gasteiger partial charge in [0.05, 0.1) is 24.2 Å². The minimum absolute atomic E-state index is 0.361. The molecule has 1 aromatic heterocycles. The van der Waals surface area contributed by atoms with Crippen LogP contribution in [0.5, 0.6) is 0 Å². The van der Waals surface area contributed by atoms with Gasteiger partial charge in [-0.15, -0.1) is 0 Å². The Morgan fingerprint density at radius 2 is 1.58 bits per heavy atom. The van der Waals surface area contributed by atoms with Crippen molar-refractivity contribution in [3.8, 4) is 0 Å². The molecule has 0 N–H and O–H groups in total. The van der Waals surface area contributed by atoms with E-state index >= 15 is 0 Å². The summed E-state index contributed by atoms with van der Waals surface area (Å²) in [5, 5.41) is 0. The summed E-state index contributed by atoms with van der Waals surface area (Å²) in [6, 6.07) is 0.770. The van der Waals surface area contributed by atoms with Crippen LogP contribution in [-0.4, -0.2) is 59.8 Å². The molecule has 0 radical (unpaired) electrons. The molecule has 1 saturated heterocycles. The smallest absolute Gasteiger partial charge is 0.130 e. The highest BCUT2D eigenvalue weighted by Crippen LogP contribution is 2.29. The highest BCUT2D eigenvalue weighted by Gasteiger charge is 2.28. The van der Waals surface area contributed by atoms with Gasteiger partial charge in [0.25, 0.3) is 0 Å². The Bertz CT molecular complexity index is 529. The lowest BCUT2D eigenvalue weighted by Gasteiger charge is -2.42. The molecule has 0 aromatic carbocycles. The van der Waals surface area contributed by atoms with Crippen molar-refractivity contribution in [2.24, 2.45) is 5.92 Å². The lowest BCUT2D eigenvalue weighted by atomic mass is 9.85. The van der Waals surface area contributed by atoms with E-state index in [1.807, 2.05) is 12.4 Å². The Morgan fingerprint density at radius 3 is 2.12 bits per heavy atom. The molecule has 1 aliphatic heterocycles. The zero-order valence-corrected chi connectivity index (χ0v) is 17.0. The first kappa shape index (κ1) is 19.6. The predicted molar refractivity (Wildman–Crippen MR) is 107 cm³/mol. The highest BCUT2D eigenvalue weighted by molar-refractivity contribution is 5.42. The summed E-state index contributed by atoms with van der Waals surface area (Å²) >= 11 is 0. The van der Waals surface area contributed by atoms with Crippen molar-refractivity contribution in [3.05, 3.63) is 18.2 Å². The summed E-state index contributed by atoms with van der Waals surface area (Å²) < 4.78 is 5.82. The second kappa shape index (κ2) is 9.14. The molecule has 26 heavy (non-hydrogen) atoms. The first-order chi connectivity index (χ1) is 12.5. The van der Waals surface area contributed by atoms with Crippen LogP contribution in [0.3, 0.4) is 0 Å². The minimum atomic E-state index is 0.361. The van der Waals surface area contributed by atoms with Crippen molar-refractivity contribution in [3.63, 3.8) is 0 Å². The van der Waals surface area contributed by atoms with Crippen LogP contribution in [-0.2, 0) is 4.74 Å². The van der Waals surface area contributed by atoms with Crippen molar-refractivity contribution in [1.82, 2.24) is 14.9 Å². The molecule has 3 rings (SSSR count). The second-order valence-corrected chi connectivity index (χ2v) is 8.53. The first-order valence-electron chi connectivity index (χ1n) is 10.5. The Balaban J connectivity index is 1.43. The number of anilines is 1. The second-order valence-electron chi connectivity index (χ2n) is 8.53. The molecule has 0 unspecified atom stereocenters. The molecule has 2 aliphatic rings. The largest absolute Gasteiger partial charge is 0.379 e. The molecule has 0 amide bonds. The van der Waals surface area contributed by atoms with Gasteiger partial charge < -0.3 is 9.64 Å². The minimum Gasteiger partial charge on any atom is -0.379 e. The zero-order valence-electron chi connectivity index (χ0n) is 17.0. The number of piperazine rings is 1. The summed E-state index contributed by atoms with van der Waals surface area (Å²) in [7, 11) is 0. The van der Waals surface area contributed by atoms with Gasteiger partial charge in [-0.1, -0.05) is 13.8 Å². The SMILES string of the molecule is CC(C)OC[C@H]1CC[C@H](N2CCN(c3cnc(C(C)C)nc3)CC2)CC1. The number of rotatable bonds is 6. The van der Waals surface area contributed by atoms with Crippen LogP contribution in [0.1, 0.15) is 65.1 Å². The van der Waals surface area contributed by atoms with Crippen LogP contribution in [0.4, 0.5) is 5.69 Å². The van der Waals surface area contributed by atoms with E-state index in [0.717, 1.165) is 50.6 Å². The maximum Gasteiger partial charge on any atom is 0.130 e. The maximum atomic E-state index is 5.82. The van der Waals surface area contributed by atoms with E-state index in [1.54, 1.807) is 0 Å². The molecule has 1 aromatic rings. The molecular formula is C21H36N4O. The number of aromatic nitrogens is 2. The summed E-state index contributed by atoms with van der Waals surface area (Å²) in [4.78, 5) is 14.2. The van der Waals surface area contributed by atoms with E-state index in [-0.39, 0.29) is 0 Å². The fourth-order valence-corrected chi connectivity index (χ4v) is 4.14. The maximum absolute atomic E-state index is 5.82. The number of hydrogen-bond donors (Lipinski definition) is 0. The summed E-state index contributed by atoms with van der Waals surface area (Å²) in [5.74, 6) is 2.10. The van der Waals surface area contributed by atoms with E-state index in [9.17, 15) is 0 Å². The molecule has 2 fully saturated rings. The van der Waals surface area contributed by atoms with E-state index in [2.05, 4.69) is 47.5 Å². The van der Waals surface area contributed by atoms with E-state index in [4.69, 9.17) is 4.74 Å². The van der Waals surface area contributed by atoms with Gasteiger partial charge in [-0.3, -0.25) is 4.90 Å². The first-order valence-corrected chi connectivity index (χ1v) is 10.5. The summed E-state index contributed by atoms with van der Waals surface area (Å²) in [6.07, 6.45) is 9.66. The third kappa shape index (κ3) is 5.17. The van der Waals surface area contributed by atoms with Crippen LogP contribution >= 0.6 is 0 Å². The Labute approximate surface area is 159 Å². The van der Waals surface area contributed by atoms with E-state index < -0.39 is 0 Å². The van der Waals surface area contributed by atoms with Gasteiger partial charge in [0.2, 0.25) is 0 Å². The molecule has 5 heteroatoms. The lowest BCUT2D eigenvalue weighted by Crippen LogP contribution is -2.51. The van der Waals surface area contributed by atoms with Gasteiger partial charge in [0.15, 0.2) is 0 Å². The fourth-order valence-electron chi connectivity index (χ4n) is 4.14. The normalized spacial score (nSPS) is 25.2. The molecule has 0 bridgehead atoms. The predicted octanol–water partition coefficient (Wildman–Crippen LogP) is 3.71. The topological polar surface area (TPSA) is 41.5 Å². The standard InChI is InChI=1S/C21H36N4O/c1-16(2)21-22-13-20(14-23-21)25-11-9-24(10-12-25)19-7-5-18(6-8-19)15-26-17(3)4/h13-14,16-19H,5-12,15H2,1-4H3/t18-,19-. The highest BCUT2D eigenvalue weighted by atomic mass is 16.5. The zero-order chi connectivity index (χ0) is 18.5. The van der Waals surface area contributed by atoms with Crippen molar-refractivity contribution in [1.29, 1.82) is 0 Å². The van der Waals surface area contributed by atoms with Gasteiger partial charge in [0.1, 0.15) is 5.82 Å². The molecule has 1 aliphatic carbocycles. The van der Waals surface area contributed by atoms with Crippen LogP contribution in [0.2, 0.25) is 0 Å². The summed E-state index contributed by atoms with van der Waals surface area (Å²) in [5.41, 5.74) is 1.17. The Morgan fingerprint density at radius 1 is 0.962 bits per heavy atom. The molecular weight excluding hydrogens is 324 g/mol. The van der Waals surface area contributed by atoms with Crippen LogP contribution < -0.4 is 4.90 Å². The van der Waals surface area contributed by atoms with Gasteiger partial charge in [0, 0.05) is 44.7 Å². The molecule has 0 atom stereocenters. The quantitative estimate of drug-likeness (QED) is 0.774. The van der Waals surface area contributed by atoms with Crippen LogP contribution in [0.15, 0.2) is 12.4 Å². The van der Waals surface area contributed by atoms with E-state index in [0.29, 0.717) is 12.0 Å².